The van der Waals surface area contributed by atoms with Gasteiger partial charge in [0.15, 0.2) is 0 Å². The Morgan fingerprint density at radius 1 is 1.07 bits per heavy atom. The van der Waals surface area contributed by atoms with E-state index in [4.69, 9.17) is 0 Å². The standard InChI is InChI=1S/C10H21NO3/c1-2-3-4-5-11-6-8(12)10(14)9(13)7-11/h8-10,12-14H,2-7H2,1H3. The number of aliphatic hydroxyl groups is 3. The van der Waals surface area contributed by atoms with Gasteiger partial charge in [-0.15, -0.1) is 0 Å². The summed E-state index contributed by atoms with van der Waals surface area (Å²) in [4.78, 5) is 2.01. The summed E-state index contributed by atoms with van der Waals surface area (Å²) >= 11 is 0. The largest absolute Gasteiger partial charge is 0.389 e. The number of unbranched alkanes of at least 4 members (excludes halogenated alkanes) is 2. The van der Waals surface area contributed by atoms with Crippen LogP contribution in [0.4, 0.5) is 0 Å². The highest BCUT2D eigenvalue weighted by Gasteiger charge is 2.32. The van der Waals surface area contributed by atoms with Crippen molar-refractivity contribution in [1.29, 1.82) is 0 Å². The Morgan fingerprint density at radius 3 is 2.14 bits per heavy atom. The molecule has 1 fully saturated rings. The molecule has 1 saturated heterocycles. The lowest BCUT2D eigenvalue weighted by atomic mass is 10.0. The Labute approximate surface area is 85.2 Å². The van der Waals surface area contributed by atoms with Gasteiger partial charge in [0.25, 0.3) is 0 Å². The fourth-order valence-corrected chi connectivity index (χ4v) is 1.84. The molecule has 0 amide bonds. The van der Waals surface area contributed by atoms with E-state index in [9.17, 15) is 15.3 Å². The highest BCUT2D eigenvalue weighted by Crippen LogP contribution is 2.12. The normalized spacial score (nSPS) is 34.7. The summed E-state index contributed by atoms with van der Waals surface area (Å²) < 4.78 is 0. The minimum absolute atomic E-state index is 0.474. The number of rotatable bonds is 4. The van der Waals surface area contributed by atoms with E-state index < -0.39 is 18.3 Å². The second kappa shape index (κ2) is 5.66. The van der Waals surface area contributed by atoms with E-state index in [1.165, 1.54) is 12.8 Å². The molecule has 1 heterocycles. The van der Waals surface area contributed by atoms with Gasteiger partial charge < -0.3 is 15.3 Å². The maximum atomic E-state index is 9.42. The quantitative estimate of drug-likeness (QED) is 0.543. The van der Waals surface area contributed by atoms with Crippen LogP contribution in [0.25, 0.3) is 0 Å². The van der Waals surface area contributed by atoms with Gasteiger partial charge in [0, 0.05) is 13.1 Å². The average molecular weight is 203 g/mol. The van der Waals surface area contributed by atoms with E-state index in [1.807, 2.05) is 4.90 Å². The SMILES string of the molecule is CCCCCN1CC(O)C(O)C(O)C1. The van der Waals surface area contributed by atoms with Crippen LogP contribution < -0.4 is 0 Å². The molecule has 1 aliphatic rings. The monoisotopic (exact) mass is 203 g/mol. The molecule has 2 atom stereocenters. The first-order valence-corrected chi connectivity index (χ1v) is 5.41. The van der Waals surface area contributed by atoms with Crippen LogP contribution in [0, 0.1) is 0 Å². The van der Waals surface area contributed by atoms with Gasteiger partial charge in [-0.2, -0.15) is 0 Å². The molecule has 2 unspecified atom stereocenters. The molecular weight excluding hydrogens is 182 g/mol. The first-order chi connectivity index (χ1) is 6.65. The Balaban J connectivity index is 2.27. The molecule has 0 bridgehead atoms. The van der Waals surface area contributed by atoms with Gasteiger partial charge in [0.05, 0.1) is 12.2 Å². The van der Waals surface area contributed by atoms with Crippen LogP contribution in [0.2, 0.25) is 0 Å². The molecule has 1 aliphatic heterocycles. The van der Waals surface area contributed by atoms with Crippen LogP contribution in [0.15, 0.2) is 0 Å². The van der Waals surface area contributed by atoms with Crippen molar-refractivity contribution >= 4 is 0 Å². The van der Waals surface area contributed by atoms with Gasteiger partial charge in [-0.05, 0) is 13.0 Å². The molecule has 0 aromatic heterocycles. The molecule has 0 aromatic rings. The minimum atomic E-state index is -0.975. The summed E-state index contributed by atoms with van der Waals surface area (Å²) in [5, 5.41) is 28.2. The molecule has 1 rings (SSSR count). The van der Waals surface area contributed by atoms with E-state index in [2.05, 4.69) is 6.92 Å². The van der Waals surface area contributed by atoms with Gasteiger partial charge in [-0.1, -0.05) is 19.8 Å². The van der Waals surface area contributed by atoms with Crippen molar-refractivity contribution in [3.63, 3.8) is 0 Å². The predicted molar refractivity (Wildman–Crippen MR) is 54.0 cm³/mol. The van der Waals surface area contributed by atoms with E-state index >= 15 is 0 Å². The summed E-state index contributed by atoms with van der Waals surface area (Å²) in [5.74, 6) is 0. The molecule has 0 saturated carbocycles. The average Bonchev–Trinajstić information content (AvgIpc) is 2.14. The zero-order valence-electron chi connectivity index (χ0n) is 8.76. The molecule has 0 aromatic carbocycles. The molecular formula is C10H21NO3. The van der Waals surface area contributed by atoms with Crippen molar-refractivity contribution in [3.8, 4) is 0 Å². The van der Waals surface area contributed by atoms with Crippen molar-refractivity contribution in [2.45, 2.75) is 44.5 Å². The molecule has 4 nitrogen and oxygen atoms in total. The van der Waals surface area contributed by atoms with Crippen molar-refractivity contribution in [1.82, 2.24) is 4.90 Å². The zero-order valence-corrected chi connectivity index (χ0v) is 8.76. The lowest BCUT2D eigenvalue weighted by Crippen LogP contribution is -2.55. The summed E-state index contributed by atoms with van der Waals surface area (Å²) in [6.45, 7) is 3.99. The lowest BCUT2D eigenvalue weighted by Gasteiger charge is -2.36. The predicted octanol–water partition coefficient (Wildman–Crippen LogP) is -0.425. The number of β-amino-alcohol motifs (C(OH)–C–C–N with tert-alkyl or cyclic N) is 2. The van der Waals surface area contributed by atoms with E-state index in [1.54, 1.807) is 0 Å². The van der Waals surface area contributed by atoms with Gasteiger partial charge in [-0.3, -0.25) is 4.90 Å². The maximum Gasteiger partial charge on any atom is 0.108 e. The van der Waals surface area contributed by atoms with Crippen LogP contribution in [0.1, 0.15) is 26.2 Å². The zero-order chi connectivity index (χ0) is 10.6. The number of aliphatic hydroxyl groups excluding tert-OH is 3. The Bertz CT molecular complexity index is 153. The van der Waals surface area contributed by atoms with Crippen molar-refractivity contribution in [2.24, 2.45) is 0 Å². The van der Waals surface area contributed by atoms with Crippen LogP contribution in [-0.4, -0.2) is 58.2 Å². The van der Waals surface area contributed by atoms with Crippen molar-refractivity contribution in [2.75, 3.05) is 19.6 Å². The van der Waals surface area contributed by atoms with Crippen LogP contribution in [0.5, 0.6) is 0 Å². The Morgan fingerprint density at radius 2 is 1.64 bits per heavy atom. The summed E-state index contributed by atoms with van der Waals surface area (Å²) in [5.41, 5.74) is 0. The van der Waals surface area contributed by atoms with Gasteiger partial charge in [0.1, 0.15) is 6.10 Å². The third-order valence-electron chi connectivity index (χ3n) is 2.76. The second-order valence-electron chi connectivity index (χ2n) is 4.09. The number of hydrogen-bond donors (Lipinski definition) is 3. The fraction of sp³-hybridized carbons (Fsp3) is 1.00. The summed E-state index contributed by atoms with van der Waals surface area (Å²) in [6, 6.07) is 0. The fourth-order valence-electron chi connectivity index (χ4n) is 1.84. The smallest absolute Gasteiger partial charge is 0.108 e. The van der Waals surface area contributed by atoms with E-state index in [-0.39, 0.29) is 0 Å². The number of nitrogens with zero attached hydrogens (tertiary/aromatic N) is 1. The summed E-state index contributed by atoms with van der Waals surface area (Å²) in [6.07, 6.45) is 0.844. The molecule has 3 N–H and O–H groups in total. The first-order valence-electron chi connectivity index (χ1n) is 5.41. The Hall–Kier alpha value is -0.160. The second-order valence-corrected chi connectivity index (χ2v) is 4.09. The molecule has 4 heteroatoms. The van der Waals surface area contributed by atoms with Crippen LogP contribution in [0.3, 0.4) is 0 Å². The van der Waals surface area contributed by atoms with E-state index in [0.717, 1.165) is 13.0 Å². The highest BCUT2D eigenvalue weighted by molar-refractivity contribution is 4.86. The topological polar surface area (TPSA) is 63.9 Å². The number of piperidine rings is 1. The van der Waals surface area contributed by atoms with Gasteiger partial charge in [0.2, 0.25) is 0 Å². The molecule has 0 radical (unpaired) electrons. The minimum Gasteiger partial charge on any atom is -0.389 e. The number of likely N-dealkylation sites (tertiary alicyclic amines) is 1. The van der Waals surface area contributed by atoms with Crippen molar-refractivity contribution in [3.05, 3.63) is 0 Å². The Kier molecular flexibility index (Phi) is 4.81. The van der Waals surface area contributed by atoms with Crippen molar-refractivity contribution < 1.29 is 15.3 Å². The summed E-state index contributed by atoms with van der Waals surface area (Å²) in [7, 11) is 0. The van der Waals surface area contributed by atoms with Gasteiger partial charge in [-0.25, -0.2) is 0 Å². The highest BCUT2D eigenvalue weighted by atomic mass is 16.4. The molecule has 0 aliphatic carbocycles. The van der Waals surface area contributed by atoms with E-state index in [0.29, 0.717) is 13.1 Å². The number of hydrogen-bond acceptors (Lipinski definition) is 4. The van der Waals surface area contributed by atoms with Crippen LogP contribution >= 0.6 is 0 Å². The molecule has 84 valence electrons. The third kappa shape index (κ3) is 3.20. The van der Waals surface area contributed by atoms with Gasteiger partial charge >= 0.3 is 0 Å². The first kappa shape index (κ1) is 11.9. The molecule has 0 spiro atoms. The maximum absolute atomic E-state index is 9.42. The lowest BCUT2D eigenvalue weighted by molar-refractivity contribution is -0.109. The molecule has 14 heavy (non-hydrogen) atoms. The van der Waals surface area contributed by atoms with Crippen LogP contribution in [-0.2, 0) is 0 Å². The third-order valence-corrected chi connectivity index (χ3v) is 2.76.